The number of anilines is 1. The van der Waals surface area contributed by atoms with Crippen molar-refractivity contribution in [3.05, 3.63) is 11.1 Å². The van der Waals surface area contributed by atoms with E-state index >= 15 is 0 Å². The smallest absolute Gasteiger partial charge is 0.231 e. The van der Waals surface area contributed by atoms with Crippen molar-refractivity contribution >= 4 is 53.1 Å². The minimum Gasteiger partial charge on any atom is -0.356 e. The second kappa shape index (κ2) is 11.0. The Bertz CT molecular complexity index is 555. The first-order chi connectivity index (χ1) is 10.8. The van der Waals surface area contributed by atoms with E-state index in [1.165, 1.54) is 17.8 Å². The molecule has 0 aliphatic carbocycles. The van der Waals surface area contributed by atoms with Crippen LogP contribution >= 0.6 is 36.2 Å². The molecule has 1 atom stereocenters. The van der Waals surface area contributed by atoms with E-state index in [0.717, 1.165) is 19.5 Å². The Morgan fingerprint density at radius 1 is 1.36 bits per heavy atom. The van der Waals surface area contributed by atoms with Gasteiger partial charge in [-0.15, -0.1) is 36.2 Å². The average molecular weight is 411 g/mol. The van der Waals surface area contributed by atoms with Gasteiger partial charge in [0.1, 0.15) is 0 Å². The highest BCUT2D eigenvalue weighted by molar-refractivity contribution is 7.13. The molecule has 0 aromatic carbocycles. The van der Waals surface area contributed by atoms with Gasteiger partial charge in [0.25, 0.3) is 0 Å². The first kappa shape index (κ1) is 24.1. The Morgan fingerprint density at radius 3 is 2.68 bits per heavy atom. The van der Waals surface area contributed by atoms with Gasteiger partial charge in [0.2, 0.25) is 11.8 Å². The van der Waals surface area contributed by atoms with E-state index in [9.17, 15) is 9.59 Å². The molecule has 2 rings (SSSR count). The van der Waals surface area contributed by atoms with Gasteiger partial charge in [-0.3, -0.25) is 9.59 Å². The van der Waals surface area contributed by atoms with Crippen molar-refractivity contribution in [1.29, 1.82) is 0 Å². The van der Waals surface area contributed by atoms with Crippen molar-refractivity contribution in [2.24, 2.45) is 11.3 Å². The molecular weight excluding hydrogens is 383 g/mol. The van der Waals surface area contributed by atoms with E-state index in [2.05, 4.69) is 20.9 Å². The van der Waals surface area contributed by atoms with Crippen LogP contribution in [-0.2, 0) is 16.0 Å². The number of rotatable bonds is 6. The lowest BCUT2D eigenvalue weighted by atomic mass is 9.96. The van der Waals surface area contributed by atoms with Crippen LogP contribution in [0.5, 0.6) is 0 Å². The van der Waals surface area contributed by atoms with E-state index in [4.69, 9.17) is 0 Å². The molecule has 0 bridgehead atoms. The fourth-order valence-corrected chi connectivity index (χ4v) is 3.04. The summed E-state index contributed by atoms with van der Waals surface area (Å²) >= 11 is 1.35. The molecule has 25 heavy (non-hydrogen) atoms. The Balaban J connectivity index is 0.00000288. The Morgan fingerprint density at radius 2 is 2.08 bits per heavy atom. The number of carbonyl (C=O) groups is 2. The monoisotopic (exact) mass is 410 g/mol. The predicted octanol–water partition coefficient (Wildman–Crippen LogP) is 2.63. The zero-order chi connectivity index (χ0) is 16.9. The van der Waals surface area contributed by atoms with Gasteiger partial charge in [0.05, 0.1) is 12.1 Å². The first-order valence-corrected chi connectivity index (χ1v) is 8.96. The molecule has 1 saturated heterocycles. The Kier molecular flexibility index (Phi) is 10.6. The molecule has 1 aromatic heterocycles. The molecule has 1 fully saturated rings. The van der Waals surface area contributed by atoms with E-state index in [0.29, 0.717) is 23.3 Å². The van der Waals surface area contributed by atoms with Gasteiger partial charge >= 0.3 is 0 Å². The molecule has 144 valence electrons. The second-order valence-electron chi connectivity index (χ2n) is 7.02. The quantitative estimate of drug-likeness (QED) is 0.672. The number of hydrogen-bond acceptors (Lipinski definition) is 5. The summed E-state index contributed by atoms with van der Waals surface area (Å²) < 4.78 is 0. The Labute approximate surface area is 165 Å². The molecule has 6 nitrogen and oxygen atoms in total. The van der Waals surface area contributed by atoms with Crippen LogP contribution < -0.4 is 16.0 Å². The van der Waals surface area contributed by atoms with Gasteiger partial charge in [0.15, 0.2) is 5.13 Å². The Hall–Kier alpha value is -0.890. The predicted molar refractivity (Wildman–Crippen MR) is 107 cm³/mol. The number of halogens is 2. The summed E-state index contributed by atoms with van der Waals surface area (Å²) in [5.74, 6) is 0.580. The highest BCUT2D eigenvalue weighted by Gasteiger charge is 2.22. The average Bonchev–Trinajstić information content (AvgIpc) is 3.10. The summed E-state index contributed by atoms with van der Waals surface area (Å²) in [6.07, 6.45) is 2.46. The maximum absolute atomic E-state index is 11.9. The molecule has 0 radical (unpaired) electrons. The van der Waals surface area contributed by atoms with Crippen LogP contribution in [0.25, 0.3) is 0 Å². The molecule has 1 aliphatic heterocycles. The van der Waals surface area contributed by atoms with Gasteiger partial charge < -0.3 is 16.0 Å². The molecule has 1 aliphatic rings. The highest BCUT2D eigenvalue weighted by Crippen LogP contribution is 2.20. The van der Waals surface area contributed by atoms with Crippen LogP contribution in [0.1, 0.15) is 39.3 Å². The molecule has 0 spiro atoms. The first-order valence-electron chi connectivity index (χ1n) is 8.08. The SMILES string of the molecule is CC(C)(C)C(=O)Nc1nc(CC(=O)NCCC2CCNC2)cs1.Cl.Cl. The molecule has 2 heterocycles. The minimum atomic E-state index is -0.460. The number of amides is 2. The molecule has 2 amide bonds. The number of thiazole rings is 1. The standard InChI is InChI=1S/C16H26N4O2S.2ClH/c1-16(2,3)14(22)20-15-19-12(10-23-15)8-13(21)18-7-5-11-4-6-17-9-11;;/h10-11,17H,4-9H2,1-3H3,(H,18,21)(H,19,20,22);2*1H. The van der Waals surface area contributed by atoms with E-state index < -0.39 is 5.41 Å². The van der Waals surface area contributed by atoms with Crippen molar-refractivity contribution in [1.82, 2.24) is 15.6 Å². The largest absolute Gasteiger partial charge is 0.356 e. The van der Waals surface area contributed by atoms with Gasteiger partial charge in [-0.05, 0) is 31.8 Å². The number of nitrogens with zero attached hydrogens (tertiary/aromatic N) is 1. The van der Waals surface area contributed by atoms with Gasteiger partial charge in [0, 0.05) is 17.3 Å². The fourth-order valence-electron chi connectivity index (χ4n) is 2.33. The van der Waals surface area contributed by atoms with Crippen LogP contribution in [0.15, 0.2) is 5.38 Å². The number of aromatic nitrogens is 1. The van der Waals surface area contributed by atoms with E-state index in [-0.39, 0.29) is 43.0 Å². The highest BCUT2D eigenvalue weighted by atomic mass is 35.5. The van der Waals surface area contributed by atoms with E-state index in [1.54, 1.807) is 0 Å². The maximum atomic E-state index is 11.9. The van der Waals surface area contributed by atoms with Crippen molar-refractivity contribution in [2.45, 2.75) is 40.0 Å². The van der Waals surface area contributed by atoms with Gasteiger partial charge in [-0.25, -0.2) is 4.98 Å². The number of nitrogens with one attached hydrogen (secondary N) is 3. The summed E-state index contributed by atoms with van der Waals surface area (Å²) in [7, 11) is 0. The van der Waals surface area contributed by atoms with Crippen LogP contribution in [0.4, 0.5) is 5.13 Å². The zero-order valence-corrected chi connectivity index (χ0v) is 17.3. The summed E-state index contributed by atoms with van der Waals surface area (Å²) in [6.45, 7) is 8.40. The van der Waals surface area contributed by atoms with E-state index in [1.807, 2.05) is 26.2 Å². The lowest BCUT2D eigenvalue weighted by molar-refractivity contribution is -0.123. The normalized spacial score (nSPS) is 16.5. The molecule has 1 unspecified atom stereocenters. The van der Waals surface area contributed by atoms with Gasteiger partial charge in [-0.1, -0.05) is 20.8 Å². The topological polar surface area (TPSA) is 83.1 Å². The third-order valence-electron chi connectivity index (χ3n) is 3.83. The van der Waals surface area contributed by atoms with Crippen molar-refractivity contribution in [3.8, 4) is 0 Å². The van der Waals surface area contributed by atoms with Crippen LogP contribution in [0, 0.1) is 11.3 Å². The lowest BCUT2D eigenvalue weighted by Crippen LogP contribution is -2.28. The van der Waals surface area contributed by atoms with Crippen molar-refractivity contribution in [2.75, 3.05) is 25.0 Å². The zero-order valence-electron chi connectivity index (χ0n) is 14.9. The van der Waals surface area contributed by atoms with Gasteiger partial charge in [-0.2, -0.15) is 0 Å². The van der Waals surface area contributed by atoms with Crippen molar-refractivity contribution < 1.29 is 9.59 Å². The molecule has 1 aromatic rings. The number of carbonyl (C=O) groups excluding carboxylic acids is 2. The summed E-state index contributed by atoms with van der Waals surface area (Å²) in [5.41, 5.74) is 0.234. The third kappa shape index (κ3) is 8.35. The minimum absolute atomic E-state index is 0. The molecular formula is C16H28Cl2N4O2S. The van der Waals surface area contributed by atoms with Crippen LogP contribution in [-0.4, -0.2) is 36.4 Å². The third-order valence-corrected chi connectivity index (χ3v) is 4.64. The summed E-state index contributed by atoms with van der Waals surface area (Å²) in [4.78, 5) is 28.1. The van der Waals surface area contributed by atoms with Crippen LogP contribution in [0.2, 0.25) is 0 Å². The van der Waals surface area contributed by atoms with Crippen LogP contribution in [0.3, 0.4) is 0 Å². The number of hydrogen-bond donors (Lipinski definition) is 3. The molecule has 9 heteroatoms. The lowest BCUT2D eigenvalue weighted by Gasteiger charge is -2.15. The van der Waals surface area contributed by atoms with Crippen molar-refractivity contribution in [3.63, 3.8) is 0 Å². The molecule has 0 saturated carbocycles. The fraction of sp³-hybridized carbons (Fsp3) is 0.688. The molecule has 3 N–H and O–H groups in total. The maximum Gasteiger partial charge on any atom is 0.231 e. The second-order valence-corrected chi connectivity index (χ2v) is 7.88. The summed E-state index contributed by atoms with van der Waals surface area (Å²) in [6, 6.07) is 0. The summed E-state index contributed by atoms with van der Waals surface area (Å²) in [5, 5.41) is 11.4.